The number of amides is 1. The standard InChI is InChI=1S/C35H49N3O.C5H12/c1-5-14-29-22-31(25-33(23-29)38-21-13-20-35(38)39)27(3)36-34(24-28-16-9-7-10-17-28)30(15-6-2)26-37(4)32-18-11-8-12-19-32;1-5(2,3)4/h6-7,9-10,15-17,22-23,25,30,32,34,36H,3,5,8,11-14,18-21,24,26H2,1-2,4H3;1-4H3/b15-6+;. The maximum Gasteiger partial charge on any atom is 0.227 e. The molecule has 4 nitrogen and oxygen atoms in total. The molecule has 1 amide bonds. The Morgan fingerprint density at radius 1 is 1.05 bits per heavy atom. The van der Waals surface area contributed by atoms with Crippen LogP contribution in [0.25, 0.3) is 5.70 Å². The summed E-state index contributed by atoms with van der Waals surface area (Å²) >= 11 is 0. The fraction of sp³-hybridized carbons (Fsp3) is 0.575. The van der Waals surface area contributed by atoms with Crippen LogP contribution in [0.5, 0.6) is 0 Å². The number of benzene rings is 2. The van der Waals surface area contributed by atoms with E-state index in [0.29, 0.717) is 23.8 Å². The highest BCUT2D eigenvalue weighted by Gasteiger charge is 2.27. The molecule has 1 aliphatic carbocycles. The van der Waals surface area contributed by atoms with E-state index in [4.69, 9.17) is 0 Å². The average molecular weight is 600 g/mol. The van der Waals surface area contributed by atoms with Crippen molar-refractivity contribution in [3.05, 3.63) is 84.0 Å². The smallest absolute Gasteiger partial charge is 0.227 e. The molecule has 0 bridgehead atoms. The highest BCUT2D eigenvalue weighted by molar-refractivity contribution is 5.95. The summed E-state index contributed by atoms with van der Waals surface area (Å²) in [5.41, 5.74) is 6.16. The van der Waals surface area contributed by atoms with Gasteiger partial charge < -0.3 is 15.1 Å². The maximum atomic E-state index is 12.6. The molecule has 2 aromatic rings. The van der Waals surface area contributed by atoms with Crippen molar-refractivity contribution in [3.63, 3.8) is 0 Å². The number of nitrogens with zero attached hydrogens (tertiary/aromatic N) is 2. The molecule has 0 radical (unpaired) electrons. The molecular formula is C40H61N3O. The van der Waals surface area contributed by atoms with Gasteiger partial charge in [-0.25, -0.2) is 0 Å². The third kappa shape index (κ3) is 11.9. The number of nitrogens with one attached hydrogen (secondary N) is 1. The lowest BCUT2D eigenvalue weighted by molar-refractivity contribution is -0.117. The highest BCUT2D eigenvalue weighted by atomic mass is 16.2. The zero-order valence-corrected chi connectivity index (χ0v) is 29.0. The maximum absolute atomic E-state index is 12.6. The lowest BCUT2D eigenvalue weighted by Gasteiger charge is -2.36. The van der Waals surface area contributed by atoms with Crippen molar-refractivity contribution in [1.29, 1.82) is 0 Å². The van der Waals surface area contributed by atoms with E-state index in [9.17, 15) is 4.79 Å². The minimum atomic E-state index is 0.203. The molecule has 2 aliphatic rings. The molecule has 2 unspecified atom stereocenters. The van der Waals surface area contributed by atoms with Crippen LogP contribution in [0.3, 0.4) is 0 Å². The van der Waals surface area contributed by atoms with Gasteiger partial charge in [0.2, 0.25) is 5.91 Å². The Morgan fingerprint density at radius 3 is 2.32 bits per heavy atom. The Labute approximate surface area is 270 Å². The molecule has 2 aromatic carbocycles. The number of rotatable bonds is 13. The number of aryl methyl sites for hydroxylation is 1. The van der Waals surface area contributed by atoms with Gasteiger partial charge in [-0.05, 0) is 86.4 Å². The van der Waals surface area contributed by atoms with Gasteiger partial charge in [0.05, 0.1) is 0 Å². The van der Waals surface area contributed by atoms with Gasteiger partial charge in [0.25, 0.3) is 0 Å². The van der Waals surface area contributed by atoms with Crippen LogP contribution in [-0.2, 0) is 17.6 Å². The summed E-state index contributed by atoms with van der Waals surface area (Å²) in [6.45, 7) is 19.5. The van der Waals surface area contributed by atoms with Gasteiger partial charge in [-0.3, -0.25) is 4.79 Å². The first-order valence-electron chi connectivity index (χ1n) is 17.3. The van der Waals surface area contributed by atoms with Gasteiger partial charge in [-0.2, -0.15) is 0 Å². The predicted molar refractivity (Wildman–Crippen MR) is 191 cm³/mol. The van der Waals surface area contributed by atoms with Gasteiger partial charge in [-0.1, -0.05) is 109 Å². The van der Waals surface area contributed by atoms with Crippen molar-refractivity contribution >= 4 is 17.3 Å². The zero-order valence-electron chi connectivity index (χ0n) is 29.0. The number of anilines is 1. The zero-order chi connectivity index (χ0) is 32.1. The van der Waals surface area contributed by atoms with E-state index in [-0.39, 0.29) is 11.9 Å². The van der Waals surface area contributed by atoms with Crippen LogP contribution in [-0.4, -0.2) is 43.0 Å². The summed E-state index contributed by atoms with van der Waals surface area (Å²) in [7, 11) is 2.31. The van der Waals surface area contributed by atoms with Gasteiger partial charge in [-0.15, -0.1) is 0 Å². The highest BCUT2D eigenvalue weighted by Crippen LogP contribution is 2.29. The molecule has 2 fully saturated rings. The van der Waals surface area contributed by atoms with Crippen molar-refractivity contribution < 1.29 is 4.79 Å². The average Bonchev–Trinajstić information content (AvgIpc) is 3.42. The van der Waals surface area contributed by atoms with Crippen LogP contribution in [0.4, 0.5) is 5.69 Å². The van der Waals surface area contributed by atoms with E-state index < -0.39 is 0 Å². The van der Waals surface area contributed by atoms with E-state index in [1.807, 2.05) is 4.90 Å². The number of hydrogen-bond donors (Lipinski definition) is 1. The summed E-state index contributed by atoms with van der Waals surface area (Å²) in [4.78, 5) is 17.1. The molecule has 0 aromatic heterocycles. The van der Waals surface area contributed by atoms with Crippen molar-refractivity contribution in [2.75, 3.05) is 25.0 Å². The lowest BCUT2D eigenvalue weighted by Crippen LogP contribution is -2.44. The van der Waals surface area contributed by atoms with E-state index in [0.717, 1.165) is 55.7 Å². The number of allylic oxidation sites excluding steroid dienone is 1. The van der Waals surface area contributed by atoms with Crippen LogP contribution >= 0.6 is 0 Å². The number of carbonyl (C=O) groups is 1. The van der Waals surface area contributed by atoms with E-state index in [2.05, 4.69) is 126 Å². The van der Waals surface area contributed by atoms with Crippen molar-refractivity contribution in [1.82, 2.24) is 10.2 Å². The molecule has 4 heteroatoms. The number of hydrogen-bond acceptors (Lipinski definition) is 3. The van der Waals surface area contributed by atoms with E-state index in [1.165, 1.54) is 43.2 Å². The van der Waals surface area contributed by atoms with Crippen molar-refractivity contribution in [2.45, 2.75) is 118 Å². The topological polar surface area (TPSA) is 35.6 Å². The normalized spacial score (nSPS) is 17.5. The first-order chi connectivity index (χ1) is 21.0. The van der Waals surface area contributed by atoms with Crippen LogP contribution in [0.2, 0.25) is 0 Å². The number of carbonyl (C=O) groups excluding carboxylic acids is 1. The monoisotopic (exact) mass is 599 g/mol. The molecule has 2 atom stereocenters. The largest absolute Gasteiger partial charge is 0.381 e. The molecule has 1 aliphatic heterocycles. The molecule has 0 spiro atoms. The van der Waals surface area contributed by atoms with Crippen molar-refractivity contribution in [3.8, 4) is 0 Å². The van der Waals surface area contributed by atoms with Crippen LogP contribution < -0.4 is 10.2 Å². The summed E-state index contributed by atoms with van der Waals surface area (Å²) in [5.74, 6) is 0.575. The van der Waals surface area contributed by atoms with Crippen LogP contribution in [0, 0.1) is 11.3 Å². The third-order valence-corrected chi connectivity index (χ3v) is 8.56. The summed E-state index contributed by atoms with van der Waals surface area (Å²) in [5, 5.41) is 3.90. The van der Waals surface area contributed by atoms with Gasteiger partial charge in [0.1, 0.15) is 0 Å². The minimum Gasteiger partial charge on any atom is -0.381 e. The second kappa shape index (κ2) is 17.6. The first kappa shape index (κ1) is 35.6. The molecule has 4 rings (SSSR count). The molecule has 1 N–H and O–H groups in total. The molecule has 44 heavy (non-hydrogen) atoms. The van der Waals surface area contributed by atoms with E-state index in [1.54, 1.807) is 0 Å². The van der Waals surface area contributed by atoms with Gasteiger partial charge in [0, 0.05) is 48.9 Å². The summed E-state index contributed by atoms with van der Waals surface area (Å²) in [6, 6.07) is 18.3. The molecule has 1 saturated carbocycles. The first-order valence-corrected chi connectivity index (χ1v) is 17.3. The van der Waals surface area contributed by atoms with Crippen molar-refractivity contribution in [2.24, 2.45) is 11.3 Å². The van der Waals surface area contributed by atoms with E-state index >= 15 is 0 Å². The van der Waals surface area contributed by atoms with Gasteiger partial charge in [0.15, 0.2) is 0 Å². The quantitative estimate of drug-likeness (QED) is 0.233. The molecule has 1 heterocycles. The minimum absolute atomic E-state index is 0.203. The molecule has 1 saturated heterocycles. The predicted octanol–water partition coefficient (Wildman–Crippen LogP) is 9.45. The second-order valence-electron chi connectivity index (χ2n) is 14.6. The second-order valence-corrected chi connectivity index (χ2v) is 14.6. The summed E-state index contributed by atoms with van der Waals surface area (Å²) in [6.07, 6.45) is 15.9. The Bertz CT molecular complexity index is 1180. The molecular weight excluding hydrogens is 538 g/mol. The fourth-order valence-corrected chi connectivity index (χ4v) is 6.42. The lowest BCUT2D eigenvalue weighted by atomic mass is 9.89. The Kier molecular flexibility index (Phi) is 14.2. The Hall–Kier alpha value is -2.85. The summed E-state index contributed by atoms with van der Waals surface area (Å²) < 4.78 is 0. The fourth-order valence-electron chi connectivity index (χ4n) is 6.42. The Balaban J connectivity index is 0.000000978. The third-order valence-electron chi connectivity index (χ3n) is 8.56. The SMILES string of the molecule is C=C(NC(Cc1ccccc1)C(/C=C/C)CN(C)C1CCCCC1)c1cc(CCC)cc(N2CCCC2=O)c1.CC(C)(C)C. The Morgan fingerprint density at radius 2 is 1.73 bits per heavy atom. The van der Waals surface area contributed by atoms with Gasteiger partial charge >= 0.3 is 0 Å². The van der Waals surface area contributed by atoms with Crippen LogP contribution in [0.1, 0.15) is 110 Å². The molecule has 242 valence electrons. The van der Waals surface area contributed by atoms with Crippen LogP contribution in [0.15, 0.2) is 67.3 Å².